The van der Waals surface area contributed by atoms with Crippen LogP contribution in [0.5, 0.6) is 0 Å². The van der Waals surface area contributed by atoms with Crippen molar-refractivity contribution in [2.45, 2.75) is 17.1 Å². The zero-order valence-corrected chi connectivity index (χ0v) is 11.2. The lowest BCUT2D eigenvalue weighted by Gasteiger charge is -2.04. The molecule has 98 valence electrons. The maximum Gasteiger partial charge on any atom is 0.307 e. The van der Waals surface area contributed by atoms with Crippen LogP contribution in [0.15, 0.2) is 53.4 Å². The van der Waals surface area contributed by atoms with Crippen molar-refractivity contribution < 1.29 is 9.90 Å². The maximum absolute atomic E-state index is 10.6. The summed E-state index contributed by atoms with van der Waals surface area (Å²) in [4.78, 5) is 11.7. The predicted octanol–water partition coefficient (Wildman–Crippen LogP) is 3.19. The number of thioether (sulfide) groups is 1. The zero-order chi connectivity index (χ0) is 13.7. The van der Waals surface area contributed by atoms with Crippen molar-refractivity contribution in [2.24, 2.45) is 0 Å². The van der Waals surface area contributed by atoms with E-state index in [1.54, 1.807) is 11.8 Å². The summed E-state index contributed by atoms with van der Waals surface area (Å²) in [6.45, 7) is 0. The van der Waals surface area contributed by atoms with E-state index in [-0.39, 0.29) is 6.42 Å². The smallest absolute Gasteiger partial charge is 0.307 e. The molecule has 0 aliphatic heterocycles. The fraction of sp³-hybridized carbons (Fsp3) is 0.133. The number of carboxylic acid groups (broad SMARTS) is 1. The number of nitrogens with two attached hydrogens (primary N) is 1. The molecular formula is C15H15NO2S. The fourth-order valence-electron chi connectivity index (χ4n) is 1.70. The highest BCUT2D eigenvalue weighted by Gasteiger charge is 2.01. The van der Waals surface area contributed by atoms with Gasteiger partial charge in [0.1, 0.15) is 0 Å². The second-order valence-corrected chi connectivity index (χ2v) is 5.30. The summed E-state index contributed by atoms with van der Waals surface area (Å²) in [6, 6.07) is 15.4. The van der Waals surface area contributed by atoms with E-state index in [0.29, 0.717) is 0 Å². The molecule has 0 aromatic heterocycles. The van der Waals surface area contributed by atoms with Gasteiger partial charge in [-0.2, -0.15) is 0 Å². The number of rotatable bonds is 5. The van der Waals surface area contributed by atoms with Gasteiger partial charge in [0.25, 0.3) is 0 Å². The highest BCUT2D eigenvalue weighted by Crippen LogP contribution is 2.24. The summed E-state index contributed by atoms with van der Waals surface area (Å²) >= 11 is 1.71. The molecule has 0 saturated carbocycles. The molecule has 2 aromatic rings. The third kappa shape index (κ3) is 4.34. The number of hydrogen-bond donors (Lipinski definition) is 2. The van der Waals surface area contributed by atoms with Crippen LogP contribution in [-0.4, -0.2) is 11.1 Å². The number of benzene rings is 2. The first kappa shape index (κ1) is 13.5. The van der Waals surface area contributed by atoms with Crippen LogP contribution in [0.25, 0.3) is 0 Å². The molecule has 0 amide bonds. The lowest BCUT2D eigenvalue weighted by atomic mass is 10.1. The van der Waals surface area contributed by atoms with Crippen molar-refractivity contribution >= 4 is 23.4 Å². The molecule has 0 radical (unpaired) electrons. The number of carboxylic acids is 1. The van der Waals surface area contributed by atoms with Crippen LogP contribution in [0, 0.1) is 0 Å². The average molecular weight is 273 g/mol. The molecule has 19 heavy (non-hydrogen) atoms. The second kappa shape index (κ2) is 6.29. The molecule has 0 fully saturated rings. The van der Waals surface area contributed by atoms with Crippen molar-refractivity contribution in [3.05, 3.63) is 59.7 Å². The summed E-state index contributed by atoms with van der Waals surface area (Å²) in [7, 11) is 0. The Labute approximate surface area is 116 Å². The number of carbonyl (C=O) groups is 1. The Hall–Kier alpha value is -1.94. The fourth-order valence-corrected chi connectivity index (χ4v) is 2.62. The van der Waals surface area contributed by atoms with Crippen molar-refractivity contribution in [1.82, 2.24) is 0 Å². The van der Waals surface area contributed by atoms with Gasteiger partial charge in [0.05, 0.1) is 6.42 Å². The molecule has 0 aliphatic carbocycles. The molecule has 0 aliphatic rings. The summed E-state index contributed by atoms with van der Waals surface area (Å²) in [5.74, 6) is 0.0402. The van der Waals surface area contributed by atoms with Gasteiger partial charge in [0.2, 0.25) is 0 Å². The lowest BCUT2D eigenvalue weighted by Crippen LogP contribution is -1.99. The standard InChI is InChI=1S/C15H15NO2S/c16-13-2-1-3-14(9-13)19-10-12-6-4-11(5-7-12)8-15(17)18/h1-7,9H,8,10,16H2,(H,17,18). The highest BCUT2D eigenvalue weighted by atomic mass is 32.2. The summed E-state index contributed by atoms with van der Waals surface area (Å²) in [5.41, 5.74) is 8.48. The van der Waals surface area contributed by atoms with Crippen molar-refractivity contribution in [3.63, 3.8) is 0 Å². The first-order chi connectivity index (χ1) is 9.13. The molecule has 0 bridgehead atoms. The highest BCUT2D eigenvalue weighted by molar-refractivity contribution is 7.98. The SMILES string of the molecule is Nc1cccc(SCc2ccc(CC(=O)O)cc2)c1. The molecule has 4 heteroatoms. The molecule has 0 spiro atoms. The molecule has 0 heterocycles. The second-order valence-electron chi connectivity index (χ2n) is 4.25. The van der Waals surface area contributed by atoms with Gasteiger partial charge < -0.3 is 10.8 Å². The Morgan fingerprint density at radius 3 is 2.42 bits per heavy atom. The van der Waals surface area contributed by atoms with Crippen LogP contribution >= 0.6 is 11.8 Å². The van der Waals surface area contributed by atoms with Gasteiger partial charge in [-0.05, 0) is 29.3 Å². The average Bonchev–Trinajstić information content (AvgIpc) is 2.37. The third-order valence-corrected chi connectivity index (χ3v) is 3.71. The van der Waals surface area contributed by atoms with Gasteiger partial charge in [-0.3, -0.25) is 4.79 Å². The quantitative estimate of drug-likeness (QED) is 0.648. The molecule has 0 atom stereocenters. The Morgan fingerprint density at radius 2 is 1.79 bits per heavy atom. The molecule has 3 nitrogen and oxygen atoms in total. The Morgan fingerprint density at radius 1 is 1.11 bits per heavy atom. The lowest BCUT2D eigenvalue weighted by molar-refractivity contribution is -0.136. The number of hydrogen-bond acceptors (Lipinski definition) is 3. The maximum atomic E-state index is 10.6. The van der Waals surface area contributed by atoms with Crippen LogP contribution in [0.3, 0.4) is 0 Å². The van der Waals surface area contributed by atoms with Crippen LogP contribution in [0.4, 0.5) is 5.69 Å². The number of anilines is 1. The van der Waals surface area contributed by atoms with Crippen molar-refractivity contribution in [2.75, 3.05) is 5.73 Å². The number of nitrogen functional groups attached to an aromatic ring is 1. The van der Waals surface area contributed by atoms with E-state index in [4.69, 9.17) is 10.8 Å². The van der Waals surface area contributed by atoms with Gasteiger partial charge >= 0.3 is 5.97 Å². The number of aliphatic carboxylic acids is 1. The van der Waals surface area contributed by atoms with Gasteiger partial charge in [-0.15, -0.1) is 11.8 Å². The monoisotopic (exact) mass is 273 g/mol. The minimum atomic E-state index is -0.804. The summed E-state index contributed by atoms with van der Waals surface area (Å²) < 4.78 is 0. The van der Waals surface area contributed by atoms with E-state index >= 15 is 0 Å². The molecule has 0 unspecified atom stereocenters. The molecule has 0 saturated heterocycles. The molecular weight excluding hydrogens is 258 g/mol. The first-order valence-corrected chi connectivity index (χ1v) is 6.90. The Bertz CT molecular complexity index is 567. The van der Waals surface area contributed by atoms with E-state index < -0.39 is 5.97 Å². The van der Waals surface area contributed by atoms with E-state index in [9.17, 15) is 4.79 Å². The van der Waals surface area contributed by atoms with Gasteiger partial charge in [0, 0.05) is 16.3 Å². The largest absolute Gasteiger partial charge is 0.481 e. The normalized spacial score (nSPS) is 10.3. The van der Waals surface area contributed by atoms with E-state index in [1.165, 1.54) is 5.56 Å². The first-order valence-electron chi connectivity index (χ1n) is 5.91. The van der Waals surface area contributed by atoms with Crippen molar-refractivity contribution in [1.29, 1.82) is 0 Å². The zero-order valence-electron chi connectivity index (χ0n) is 10.4. The Balaban J connectivity index is 1.94. The van der Waals surface area contributed by atoms with Gasteiger partial charge in [-0.1, -0.05) is 30.3 Å². The topological polar surface area (TPSA) is 63.3 Å². The van der Waals surface area contributed by atoms with Gasteiger partial charge in [0.15, 0.2) is 0 Å². The Kier molecular flexibility index (Phi) is 4.47. The molecule has 2 rings (SSSR count). The van der Waals surface area contributed by atoms with Crippen LogP contribution < -0.4 is 5.73 Å². The van der Waals surface area contributed by atoms with Crippen LogP contribution in [0.2, 0.25) is 0 Å². The van der Waals surface area contributed by atoms with Gasteiger partial charge in [-0.25, -0.2) is 0 Å². The minimum Gasteiger partial charge on any atom is -0.481 e. The van der Waals surface area contributed by atoms with Crippen LogP contribution in [-0.2, 0) is 17.0 Å². The van der Waals surface area contributed by atoms with E-state index in [2.05, 4.69) is 0 Å². The third-order valence-electron chi connectivity index (χ3n) is 2.64. The predicted molar refractivity (Wildman–Crippen MR) is 78.2 cm³/mol. The molecule has 3 N–H and O–H groups in total. The summed E-state index contributed by atoms with van der Waals surface area (Å²) in [5, 5.41) is 8.70. The summed E-state index contributed by atoms with van der Waals surface area (Å²) in [6.07, 6.45) is 0.0721. The molecule has 2 aromatic carbocycles. The minimum absolute atomic E-state index is 0.0721. The van der Waals surface area contributed by atoms with Crippen LogP contribution in [0.1, 0.15) is 11.1 Å². The van der Waals surface area contributed by atoms with E-state index in [0.717, 1.165) is 21.9 Å². The van der Waals surface area contributed by atoms with Crippen molar-refractivity contribution in [3.8, 4) is 0 Å². The van der Waals surface area contributed by atoms with E-state index in [1.807, 2.05) is 48.5 Å².